The monoisotopic (exact) mass is 198 g/mol. The number of nitrogens with two attached hydrogens (primary N) is 1. The first-order valence-electron chi connectivity index (χ1n) is 3.40. The molecule has 0 aromatic carbocycles. The third kappa shape index (κ3) is 9.79. The largest absolute Gasteiger partial charge is 0.382 e. The van der Waals surface area contributed by atoms with Crippen molar-refractivity contribution in [3.05, 3.63) is 0 Å². The first kappa shape index (κ1) is 11.8. The van der Waals surface area contributed by atoms with Crippen molar-refractivity contribution in [3.8, 4) is 0 Å². The van der Waals surface area contributed by atoms with Crippen molar-refractivity contribution < 1.29 is 18.0 Å². The Hall–Kier alpha value is -0.210. The van der Waals surface area contributed by atoms with Crippen LogP contribution in [0.5, 0.6) is 0 Å². The zero-order valence-corrected chi connectivity index (χ0v) is 7.76. The number of methoxy groups -OCH3 is 1. The molecular formula is C5H14N2O4S. The Kier molecular flexibility index (Phi) is 6.21. The van der Waals surface area contributed by atoms with E-state index in [-0.39, 0.29) is 12.3 Å². The molecule has 0 unspecified atom stereocenters. The molecule has 0 aromatic heterocycles. The van der Waals surface area contributed by atoms with Gasteiger partial charge in [0.05, 0.1) is 19.0 Å². The topological polar surface area (TPSA) is 90.7 Å². The van der Waals surface area contributed by atoms with Crippen LogP contribution in [-0.4, -0.2) is 41.0 Å². The minimum Gasteiger partial charge on any atom is -0.382 e. The molecule has 0 atom stereocenters. The van der Waals surface area contributed by atoms with Crippen LogP contribution in [0.2, 0.25) is 0 Å². The number of nitrogens with one attached hydrogen (secondary N) is 1. The van der Waals surface area contributed by atoms with Crippen LogP contribution in [0.1, 0.15) is 0 Å². The second-order valence-corrected chi connectivity index (χ2v) is 3.84. The fraction of sp³-hybridized carbons (Fsp3) is 1.00. The lowest BCUT2D eigenvalue weighted by molar-refractivity contribution is 0.00978. The molecule has 3 N–H and O–H groups in total. The number of hydroxylamine groups is 1. The molecule has 0 aliphatic rings. The summed E-state index contributed by atoms with van der Waals surface area (Å²) in [7, 11) is -1.84. The van der Waals surface area contributed by atoms with Gasteiger partial charge in [-0.15, -0.1) is 0 Å². The molecule has 74 valence electrons. The summed E-state index contributed by atoms with van der Waals surface area (Å²) >= 11 is 0. The maximum atomic E-state index is 10.4. The lowest BCUT2D eigenvalue weighted by Gasteiger charge is -2.03. The van der Waals surface area contributed by atoms with E-state index in [0.717, 1.165) is 0 Å². The van der Waals surface area contributed by atoms with Crippen LogP contribution in [-0.2, 0) is 19.6 Å². The van der Waals surface area contributed by atoms with Gasteiger partial charge in [-0.1, -0.05) is 0 Å². The quantitative estimate of drug-likeness (QED) is 0.381. The summed E-state index contributed by atoms with van der Waals surface area (Å²) in [4.78, 5) is 4.77. The third-order valence-corrected chi connectivity index (χ3v) is 1.75. The van der Waals surface area contributed by atoms with E-state index in [1.54, 1.807) is 7.11 Å². The second-order valence-electron chi connectivity index (χ2n) is 2.10. The summed E-state index contributed by atoms with van der Waals surface area (Å²) in [6.07, 6.45) is 0. The lowest BCUT2D eigenvalue weighted by Crippen LogP contribution is -2.28. The third-order valence-electron chi connectivity index (χ3n) is 0.980. The minimum atomic E-state index is -3.39. The zero-order chi connectivity index (χ0) is 9.45. The van der Waals surface area contributed by atoms with Gasteiger partial charge in [-0.05, 0) is 0 Å². The van der Waals surface area contributed by atoms with Crippen molar-refractivity contribution in [2.45, 2.75) is 0 Å². The van der Waals surface area contributed by atoms with E-state index in [4.69, 9.17) is 9.98 Å². The van der Waals surface area contributed by atoms with Gasteiger partial charge in [0, 0.05) is 13.7 Å². The number of sulfonamides is 1. The van der Waals surface area contributed by atoms with Crippen LogP contribution in [0.3, 0.4) is 0 Å². The number of ether oxygens (including phenoxy) is 1. The van der Waals surface area contributed by atoms with Crippen molar-refractivity contribution in [2.75, 3.05) is 32.6 Å². The van der Waals surface area contributed by atoms with E-state index in [1.165, 1.54) is 0 Å². The Morgan fingerprint density at radius 1 is 1.42 bits per heavy atom. The Balaban J connectivity index is 3.12. The van der Waals surface area contributed by atoms with E-state index in [9.17, 15) is 8.42 Å². The van der Waals surface area contributed by atoms with Crippen LogP contribution in [0, 0.1) is 0 Å². The van der Waals surface area contributed by atoms with Crippen LogP contribution in [0.4, 0.5) is 0 Å². The van der Waals surface area contributed by atoms with E-state index in [1.807, 2.05) is 0 Å². The smallest absolute Gasteiger partial charge is 0.210 e. The highest BCUT2D eigenvalue weighted by Gasteiger charge is 2.00. The van der Waals surface area contributed by atoms with Crippen LogP contribution < -0.4 is 10.6 Å². The second kappa shape index (κ2) is 6.32. The zero-order valence-electron chi connectivity index (χ0n) is 6.95. The van der Waals surface area contributed by atoms with Crippen molar-refractivity contribution in [2.24, 2.45) is 5.14 Å². The summed E-state index contributed by atoms with van der Waals surface area (Å²) in [5, 5.41) is 4.73. The first-order chi connectivity index (χ1) is 5.56. The van der Waals surface area contributed by atoms with Gasteiger partial charge in [0.25, 0.3) is 0 Å². The maximum Gasteiger partial charge on any atom is 0.210 e. The molecule has 0 fully saturated rings. The van der Waals surface area contributed by atoms with Crippen LogP contribution in [0.15, 0.2) is 0 Å². The molecule has 0 saturated carbocycles. The molecule has 6 nitrogen and oxygen atoms in total. The fourth-order valence-corrected chi connectivity index (χ4v) is 0.821. The van der Waals surface area contributed by atoms with Crippen molar-refractivity contribution in [3.63, 3.8) is 0 Å². The van der Waals surface area contributed by atoms with Crippen molar-refractivity contribution in [1.29, 1.82) is 0 Å². The molecule has 0 bridgehead atoms. The molecule has 0 aromatic rings. The SMILES string of the molecule is COCCONCCS(N)(=O)=O. The van der Waals surface area contributed by atoms with Gasteiger partial charge >= 0.3 is 0 Å². The van der Waals surface area contributed by atoms with Crippen molar-refractivity contribution in [1.82, 2.24) is 5.48 Å². The summed E-state index contributed by atoms with van der Waals surface area (Å²) in [5.41, 5.74) is 2.44. The van der Waals surface area contributed by atoms with E-state index >= 15 is 0 Å². The predicted octanol–water partition coefficient (Wildman–Crippen LogP) is -1.56. The average Bonchev–Trinajstić information content (AvgIpc) is 1.94. The Morgan fingerprint density at radius 2 is 2.08 bits per heavy atom. The molecule has 12 heavy (non-hydrogen) atoms. The average molecular weight is 198 g/mol. The van der Waals surface area contributed by atoms with Gasteiger partial charge in [-0.3, -0.25) is 4.84 Å². The van der Waals surface area contributed by atoms with Gasteiger partial charge in [-0.2, -0.15) is 0 Å². The van der Waals surface area contributed by atoms with E-state index in [2.05, 4.69) is 10.2 Å². The number of hydrogen-bond donors (Lipinski definition) is 2. The molecule has 0 aliphatic heterocycles. The molecular weight excluding hydrogens is 184 g/mol. The highest BCUT2D eigenvalue weighted by molar-refractivity contribution is 7.89. The maximum absolute atomic E-state index is 10.4. The predicted molar refractivity (Wildman–Crippen MR) is 43.8 cm³/mol. The van der Waals surface area contributed by atoms with Crippen LogP contribution >= 0.6 is 0 Å². The van der Waals surface area contributed by atoms with Gasteiger partial charge in [0.15, 0.2) is 0 Å². The highest BCUT2D eigenvalue weighted by Crippen LogP contribution is 1.75. The molecule has 0 aliphatic carbocycles. The molecule has 0 radical (unpaired) electrons. The van der Waals surface area contributed by atoms with Gasteiger partial charge in [0.2, 0.25) is 10.0 Å². The Bertz CT molecular complexity index is 192. The molecule has 0 saturated heterocycles. The Labute approximate surface area is 72.0 Å². The van der Waals surface area contributed by atoms with Gasteiger partial charge in [0.1, 0.15) is 0 Å². The standard InChI is InChI=1S/C5H14N2O4S/c1-10-3-4-11-7-2-5-12(6,8)9/h7H,2-5H2,1H3,(H2,6,8,9). The summed E-state index contributed by atoms with van der Waals surface area (Å²) in [6.45, 7) is 1.02. The number of hydrogen-bond acceptors (Lipinski definition) is 5. The summed E-state index contributed by atoms with van der Waals surface area (Å²) in [6, 6.07) is 0. The highest BCUT2D eigenvalue weighted by atomic mass is 32.2. The molecule has 0 heterocycles. The normalized spacial score (nSPS) is 11.8. The van der Waals surface area contributed by atoms with Crippen molar-refractivity contribution >= 4 is 10.0 Å². The molecule has 0 spiro atoms. The minimum absolute atomic E-state index is 0.139. The molecule has 7 heteroatoms. The van der Waals surface area contributed by atoms with E-state index < -0.39 is 10.0 Å². The molecule has 0 amide bonds. The number of rotatable bonds is 7. The summed E-state index contributed by atoms with van der Waals surface area (Å²) < 4.78 is 25.4. The van der Waals surface area contributed by atoms with Gasteiger partial charge in [-0.25, -0.2) is 19.0 Å². The summed E-state index contributed by atoms with van der Waals surface area (Å²) in [5.74, 6) is -0.139. The number of primary sulfonamides is 1. The molecule has 0 rings (SSSR count). The van der Waals surface area contributed by atoms with Gasteiger partial charge < -0.3 is 4.74 Å². The lowest BCUT2D eigenvalue weighted by atomic mass is 10.8. The first-order valence-corrected chi connectivity index (χ1v) is 5.12. The van der Waals surface area contributed by atoms with Crippen LogP contribution in [0.25, 0.3) is 0 Å². The fourth-order valence-electron chi connectivity index (χ4n) is 0.453. The Morgan fingerprint density at radius 3 is 2.58 bits per heavy atom. The van der Waals surface area contributed by atoms with E-state index in [0.29, 0.717) is 13.2 Å².